The average Bonchev–Trinajstić information content (AvgIpc) is 3.02. The van der Waals surface area contributed by atoms with Crippen molar-refractivity contribution < 1.29 is 14.3 Å². The molecule has 0 spiro atoms. The number of hydrogen-bond acceptors (Lipinski definition) is 3. The number of rotatable bonds is 2. The van der Waals surface area contributed by atoms with Gasteiger partial charge >= 0.3 is 6.03 Å². The van der Waals surface area contributed by atoms with Crippen LogP contribution < -0.4 is 14.8 Å². The maximum absolute atomic E-state index is 12.9. The van der Waals surface area contributed by atoms with Gasteiger partial charge in [0.2, 0.25) is 0 Å². The molecule has 1 aromatic carbocycles. The highest BCUT2D eigenvalue weighted by Crippen LogP contribution is 2.34. The number of carbonyl (C=O) groups excluding carboxylic acids is 1. The van der Waals surface area contributed by atoms with Gasteiger partial charge in [0.05, 0.1) is 6.04 Å². The molecule has 6 nitrogen and oxygen atoms in total. The Morgan fingerprint density at radius 2 is 1.96 bits per heavy atom. The molecule has 25 heavy (non-hydrogen) atoms. The first-order valence-corrected chi connectivity index (χ1v) is 8.80. The second-order valence-electron chi connectivity index (χ2n) is 6.46. The summed E-state index contributed by atoms with van der Waals surface area (Å²) in [4.78, 5) is 14.8. The van der Waals surface area contributed by atoms with Crippen molar-refractivity contribution in [3.8, 4) is 11.5 Å². The molecule has 132 valence electrons. The van der Waals surface area contributed by atoms with Gasteiger partial charge in [-0.2, -0.15) is 0 Å². The molecule has 2 aliphatic heterocycles. The lowest BCUT2D eigenvalue weighted by molar-refractivity contribution is 0.165. The SMILES string of the molecule is CC[C@H]1c2ccc(C)n2CCN1C(=O)Nc1ccc2c(c1)OCCO2. The van der Waals surface area contributed by atoms with Gasteiger partial charge in [-0.05, 0) is 37.6 Å². The van der Waals surface area contributed by atoms with Crippen LogP contribution in [0.4, 0.5) is 10.5 Å². The molecule has 4 rings (SSSR count). The van der Waals surface area contributed by atoms with E-state index in [0.717, 1.165) is 24.4 Å². The van der Waals surface area contributed by atoms with Gasteiger partial charge in [0.25, 0.3) is 0 Å². The monoisotopic (exact) mass is 341 g/mol. The number of benzene rings is 1. The molecule has 0 bridgehead atoms. The Morgan fingerprint density at radius 1 is 1.16 bits per heavy atom. The minimum Gasteiger partial charge on any atom is -0.486 e. The number of amides is 2. The lowest BCUT2D eigenvalue weighted by Gasteiger charge is -2.37. The molecule has 3 heterocycles. The fourth-order valence-corrected chi connectivity index (χ4v) is 3.70. The average molecular weight is 341 g/mol. The van der Waals surface area contributed by atoms with Crippen molar-refractivity contribution in [2.24, 2.45) is 0 Å². The summed E-state index contributed by atoms with van der Waals surface area (Å²) in [7, 11) is 0. The third kappa shape index (κ3) is 2.81. The first-order chi connectivity index (χ1) is 12.2. The number of aryl methyl sites for hydroxylation is 1. The molecule has 1 aromatic heterocycles. The third-order valence-corrected chi connectivity index (χ3v) is 4.96. The number of carbonyl (C=O) groups is 1. The summed E-state index contributed by atoms with van der Waals surface area (Å²) < 4.78 is 13.4. The number of nitrogens with one attached hydrogen (secondary N) is 1. The summed E-state index contributed by atoms with van der Waals surface area (Å²) in [5.74, 6) is 1.40. The molecule has 0 fully saturated rings. The van der Waals surface area contributed by atoms with E-state index in [9.17, 15) is 4.79 Å². The molecule has 2 aliphatic rings. The van der Waals surface area contributed by atoms with Crippen molar-refractivity contribution in [1.82, 2.24) is 9.47 Å². The van der Waals surface area contributed by atoms with Crippen LogP contribution in [0, 0.1) is 6.92 Å². The van der Waals surface area contributed by atoms with Crippen molar-refractivity contribution >= 4 is 11.7 Å². The van der Waals surface area contributed by atoms with Crippen LogP contribution in [0.1, 0.15) is 30.8 Å². The molecule has 2 aromatic rings. The number of fused-ring (bicyclic) bond motifs is 2. The van der Waals surface area contributed by atoms with Crippen LogP contribution in [0.5, 0.6) is 11.5 Å². The first-order valence-electron chi connectivity index (χ1n) is 8.80. The second-order valence-corrected chi connectivity index (χ2v) is 6.46. The Morgan fingerprint density at radius 3 is 2.76 bits per heavy atom. The summed E-state index contributed by atoms with van der Waals surface area (Å²) >= 11 is 0. The van der Waals surface area contributed by atoms with Gasteiger partial charge in [0, 0.05) is 36.2 Å². The van der Waals surface area contributed by atoms with Gasteiger partial charge in [-0.25, -0.2) is 4.79 Å². The predicted molar refractivity (Wildman–Crippen MR) is 95.4 cm³/mol. The second kappa shape index (κ2) is 6.35. The molecular formula is C19H23N3O3. The maximum atomic E-state index is 12.9. The van der Waals surface area contributed by atoms with Gasteiger partial charge in [0.1, 0.15) is 13.2 Å². The van der Waals surface area contributed by atoms with E-state index in [-0.39, 0.29) is 12.1 Å². The van der Waals surface area contributed by atoms with E-state index >= 15 is 0 Å². The molecule has 1 atom stereocenters. The van der Waals surface area contributed by atoms with E-state index in [1.165, 1.54) is 11.4 Å². The van der Waals surface area contributed by atoms with Crippen molar-refractivity contribution in [1.29, 1.82) is 0 Å². The van der Waals surface area contributed by atoms with E-state index in [4.69, 9.17) is 9.47 Å². The topological polar surface area (TPSA) is 55.7 Å². The number of urea groups is 1. The Bertz CT molecular complexity index is 799. The smallest absolute Gasteiger partial charge is 0.322 e. The minimum atomic E-state index is -0.0753. The van der Waals surface area contributed by atoms with Gasteiger partial charge in [0.15, 0.2) is 11.5 Å². The molecular weight excluding hydrogens is 318 g/mol. The van der Waals surface area contributed by atoms with Crippen LogP contribution in [-0.2, 0) is 6.54 Å². The maximum Gasteiger partial charge on any atom is 0.322 e. The molecule has 0 unspecified atom stereocenters. The number of hydrogen-bond donors (Lipinski definition) is 1. The van der Waals surface area contributed by atoms with Crippen molar-refractivity contribution in [3.63, 3.8) is 0 Å². The van der Waals surface area contributed by atoms with Crippen molar-refractivity contribution in [2.45, 2.75) is 32.9 Å². The van der Waals surface area contributed by atoms with Crippen LogP contribution in [-0.4, -0.2) is 35.3 Å². The van der Waals surface area contributed by atoms with Crippen LogP contribution in [0.2, 0.25) is 0 Å². The van der Waals surface area contributed by atoms with E-state index < -0.39 is 0 Å². The van der Waals surface area contributed by atoms with Crippen LogP contribution in [0.15, 0.2) is 30.3 Å². The normalized spacial score (nSPS) is 18.6. The van der Waals surface area contributed by atoms with Gasteiger partial charge in [-0.3, -0.25) is 0 Å². The number of anilines is 1. The Balaban J connectivity index is 1.53. The summed E-state index contributed by atoms with van der Waals surface area (Å²) in [5, 5.41) is 3.01. The standard InChI is InChI=1S/C19H23N3O3/c1-3-15-16-6-4-13(2)21(16)8-9-22(15)19(23)20-14-5-7-17-18(12-14)25-11-10-24-17/h4-7,12,15H,3,8-11H2,1-2H3,(H,20,23)/t15-/m0/s1. The number of ether oxygens (including phenoxy) is 2. The quantitative estimate of drug-likeness (QED) is 0.908. The Hall–Kier alpha value is -2.63. The number of nitrogens with zero attached hydrogens (tertiary/aromatic N) is 2. The highest BCUT2D eigenvalue weighted by atomic mass is 16.6. The zero-order valence-electron chi connectivity index (χ0n) is 14.6. The highest BCUT2D eigenvalue weighted by Gasteiger charge is 2.30. The molecule has 0 saturated carbocycles. The molecule has 0 radical (unpaired) electrons. The zero-order chi connectivity index (χ0) is 17.4. The lowest BCUT2D eigenvalue weighted by Crippen LogP contribution is -2.44. The Kier molecular flexibility index (Phi) is 4.03. The van der Waals surface area contributed by atoms with Crippen molar-refractivity contribution in [2.75, 3.05) is 25.1 Å². The van der Waals surface area contributed by atoms with Crippen LogP contribution >= 0.6 is 0 Å². The summed E-state index contributed by atoms with van der Waals surface area (Å²) in [6, 6.07) is 9.79. The predicted octanol–water partition coefficient (Wildman–Crippen LogP) is 3.57. The minimum absolute atomic E-state index is 0.0753. The van der Waals surface area contributed by atoms with Gasteiger partial charge in [-0.15, -0.1) is 0 Å². The molecule has 0 saturated heterocycles. The molecule has 6 heteroatoms. The summed E-state index contributed by atoms with van der Waals surface area (Å²) in [5.41, 5.74) is 3.19. The van der Waals surface area contributed by atoms with E-state index in [2.05, 4.69) is 35.9 Å². The van der Waals surface area contributed by atoms with E-state index in [0.29, 0.717) is 25.5 Å². The largest absolute Gasteiger partial charge is 0.486 e. The highest BCUT2D eigenvalue weighted by molar-refractivity contribution is 5.90. The molecule has 2 amide bonds. The van der Waals surface area contributed by atoms with E-state index in [1.807, 2.05) is 23.1 Å². The first kappa shape index (κ1) is 15.9. The molecule has 0 aliphatic carbocycles. The zero-order valence-corrected chi connectivity index (χ0v) is 14.6. The fourth-order valence-electron chi connectivity index (χ4n) is 3.70. The van der Waals surface area contributed by atoms with E-state index in [1.54, 1.807) is 0 Å². The lowest BCUT2D eigenvalue weighted by atomic mass is 10.1. The fraction of sp³-hybridized carbons (Fsp3) is 0.421. The Labute approximate surface area is 147 Å². The third-order valence-electron chi connectivity index (χ3n) is 4.96. The van der Waals surface area contributed by atoms with Crippen LogP contribution in [0.3, 0.4) is 0 Å². The van der Waals surface area contributed by atoms with Gasteiger partial charge < -0.3 is 24.3 Å². The van der Waals surface area contributed by atoms with Gasteiger partial charge in [-0.1, -0.05) is 6.92 Å². The summed E-state index contributed by atoms with van der Waals surface area (Å²) in [6.45, 7) is 6.86. The van der Waals surface area contributed by atoms with Crippen molar-refractivity contribution in [3.05, 3.63) is 41.7 Å². The van der Waals surface area contributed by atoms with Crippen LogP contribution in [0.25, 0.3) is 0 Å². The number of aromatic nitrogens is 1. The molecule has 1 N–H and O–H groups in total. The summed E-state index contributed by atoms with van der Waals surface area (Å²) in [6.07, 6.45) is 0.887.